The molecule has 0 aliphatic carbocycles. The summed E-state index contributed by atoms with van der Waals surface area (Å²) >= 11 is 0. The van der Waals surface area contributed by atoms with E-state index in [9.17, 15) is 9.59 Å². The molecule has 0 bridgehead atoms. The molecule has 0 unspecified atom stereocenters. The summed E-state index contributed by atoms with van der Waals surface area (Å²) in [5.74, 6) is -1.07. The maximum absolute atomic E-state index is 11.5. The second kappa shape index (κ2) is 8.84. The number of hydrogen-bond acceptors (Lipinski definition) is 6. The van der Waals surface area contributed by atoms with Crippen LogP contribution < -0.4 is 0 Å². The highest BCUT2D eigenvalue weighted by Crippen LogP contribution is 2.07. The molecule has 1 aromatic rings. The van der Waals surface area contributed by atoms with Crippen molar-refractivity contribution in [1.82, 2.24) is 0 Å². The van der Waals surface area contributed by atoms with Crippen molar-refractivity contribution < 1.29 is 29.3 Å². The van der Waals surface area contributed by atoms with Crippen LogP contribution in [0.15, 0.2) is 30.3 Å². The first kappa shape index (κ1) is 15.9. The highest BCUT2D eigenvalue weighted by atomic mass is 16.5. The van der Waals surface area contributed by atoms with E-state index in [-0.39, 0.29) is 26.4 Å². The maximum atomic E-state index is 11.5. The molecule has 108 valence electrons. The van der Waals surface area contributed by atoms with Gasteiger partial charge >= 0.3 is 11.9 Å². The second-order valence-corrected chi connectivity index (χ2v) is 3.71. The number of carbonyl (C=O) groups is 2. The molecule has 0 saturated carbocycles. The van der Waals surface area contributed by atoms with Gasteiger partial charge in [-0.15, -0.1) is 0 Å². The van der Waals surface area contributed by atoms with Crippen molar-refractivity contribution in [1.29, 1.82) is 0 Å². The number of aliphatic hydroxyl groups excluding tert-OH is 2. The van der Waals surface area contributed by atoms with Gasteiger partial charge in [-0.2, -0.15) is 0 Å². The van der Waals surface area contributed by atoms with Crippen molar-refractivity contribution in [3.05, 3.63) is 41.5 Å². The molecule has 0 aromatic heterocycles. The van der Waals surface area contributed by atoms with Crippen LogP contribution in [0.1, 0.15) is 15.9 Å². The molecule has 0 aliphatic rings. The Morgan fingerprint density at radius 3 is 2.20 bits per heavy atom. The molecule has 2 N–H and O–H groups in total. The summed E-state index contributed by atoms with van der Waals surface area (Å²) in [5.41, 5.74) is 1.07. The zero-order valence-corrected chi connectivity index (χ0v) is 10.8. The normalized spacial score (nSPS) is 10.5. The summed E-state index contributed by atoms with van der Waals surface area (Å²) in [6.45, 7) is -0.525. The topological polar surface area (TPSA) is 93.1 Å². The Morgan fingerprint density at radius 1 is 1.00 bits per heavy atom. The molecule has 0 amide bonds. The number of benzene rings is 1. The van der Waals surface area contributed by atoms with Crippen LogP contribution in [0.3, 0.4) is 0 Å². The van der Waals surface area contributed by atoms with E-state index in [1.807, 2.05) is 0 Å². The van der Waals surface area contributed by atoms with E-state index in [1.165, 1.54) is 12.2 Å². The van der Waals surface area contributed by atoms with E-state index >= 15 is 0 Å². The Hall–Kier alpha value is -2.18. The van der Waals surface area contributed by atoms with Gasteiger partial charge in [-0.25, -0.2) is 9.59 Å². The lowest BCUT2D eigenvalue weighted by atomic mass is 10.1. The number of rotatable bonds is 7. The Kier molecular flexibility index (Phi) is 7.02. The molecule has 0 atom stereocenters. The quantitative estimate of drug-likeness (QED) is 0.554. The number of esters is 2. The van der Waals surface area contributed by atoms with Crippen LogP contribution in [0, 0.1) is 0 Å². The minimum atomic E-state index is -0.550. The van der Waals surface area contributed by atoms with E-state index in [2.05, 4.69) is 4.74 Å². The van der Waals surface area contributed by atoms with Crippen LogP contribution in [-0.2, 0) is 14.3 Å². The highest BCUT2D eigenvalue weighted by Gasteiger charge is 2.05. The number of hydrogen-bond donors (Lipinski definition) is 2. The Labute approximate surface area is 116 Å². The third-order valence-electron chi connectivity index (χ3n) is 2.22. The van der Waals surface area contributed by atoms with Crippen LogP contribution in [0.25, 0.3) is 6.08 Å². The van der Waals surface area contributed by atoms with Crippen LogP contribution in [0.5, 0.6) is 0 Å². The molecule has 0 spiro atoms. The second-order valence-electron chi connectivity index (χ2n) is 3.71. The van der Waals surface area contributed by atoms with Gasteiger partial charge in [0.15, 0.2) is 0 Å². The summed E-state index contributed by atoms with van der Waals surface area (Å²) in [5, 5.41) is 17.0. The first-order valence-electron chi connectivity index (χ1n) is 6.01. The average Bonchev–Trinajstić information content (AvgIpc) is 2.49. The summed E-state index contributed by atoms with van der Waals surface area (Å²) in [6, 6.07) is 6.40. The van der Waals surface area contributed by atoms with Crippen molar-refractivity contribution in [2.45, 2.75) is 0 Å². The van der Waals surface area contributed by atoms with Crippen LogP contribution in [0.4, 0.5) is 0 Å². The molecule has 0 fully saturated rings. The van der Waals surface area contributed by atoms with Crippen molar-refractivity contribution in [3.63, 3.8) is 0 Å². The summed E-state index contributed by atoms with van der Waals surface area (Å²) in [7, 11) is 0. The Balaban J connectivity index is 2.56. The van der Waals surface area contributed by atoms with Crippen LogP contribution >= 0.6 is 0 Å². The molecular formula is C14H16O6. The molecule has 0 heterocycles. The van der Waals surface area contributed by atoms with Gasteiger partial charge < -0.3 is 19.7 Å². The first-order valence-corrected chi connectivity index (χ1v) is 6.01. The predicted molar refractivity (Wildman–Crippen MR) is 70.9 cm³/mol. The van der Waals surface area contributed by atoms with Gasteiger partial charge in [0, 0.05) is 6.08 Å². The fourth-order valence-electron chi connectivity index (χ4n) is 1.31. The predicted octanol–water partition coefficient (Wildman–Crippen LogP) is 0.384. The molecule has 20 heavy (non-hydrogen) atoms. The van der Waals surface area contributed by atoms with Crippen LogP contribution in [0.2, 0.25) is 0 Å². The maximum Gasteiger partial charge on any atom is 0.338 e. The summed E-state index contributed by atoms with van der Waals surface area (Å²) < 4.78 is 9.40. The van der Waals surface area contributed by atoms with E-state index in [4.69, 9.17) is 14.9 Å². The molecule has 6 heteroatoms. The van der Waals surface area contributed by atoms with Crippen molar-refractivity contribution in [2.75, 3.05) is 26.4 Å². The SMILES string of the molecule is O=C(/C=C/c1ccc(C(=O)OCCO)cc1)OCCO. The van der Waals surface area contributed by atoms with E-state index in [1.54, 1.807) is 24.3 Å². The summed E-state index contributed by atoms with van der Waals surface area (Å²) in [4.78, 5) is 22.6. The molecule has 0 saturated heterocycles. The van der Waals surface area contributed by atoms with Gasteiger partial charge in [0.05, 0.1) is 18.8 Å². The van der Waals surface area contributed by atoms with Gasteiger partial charge in [-0.3, -0.25) is 0 Å². The molecule has 1 rings (SSSR count). The molecule has 0 aliphatic heterocycles. The monoisotopic (exact) mass is 280 g/mol. The van der Waals surface area contributed by atoms with Gasteiger partial charge in [0.25, 0.3) is 0 Å². The van der Waals surface area contributed by atoms with E-state index < -0.39 is 11.9 Å². The number of aliphatic hydroxyl groups is 2. The number of ether oxygens (including phenoxy) is 2. The van der Waals surface area contributed by atoms with Crippen molar-refractivity contribution in [2.24, 2.45) is 0 Å². The minimum absolute atomic E-state index is 0.0428. The van der Waals surface area contributed by atoms with Gasteiger partial charge in [-0.05, 0) is 23.8 Å². The van der Waals surface area contributed by atoms with Crippen LogP contribution in [-0.4, -0.2) is 48.6 Å². The summed E-state index contributed by atoms with van der Waals surface area (Å²) in [6.07, 6.45) is 2.76. The minimum Gasteiger partial charge on any atom is -0.460 e. The Morgan fingerprint density at radius 2 is 1.60 bits per heavy atom. The third-order valence-corrected chi connectivity index (χ3v) is 2.22. The Bertz CT molecular complexity index is 463. The van der Waals surface area contributed by atoms with Crippen molar-refractivity contribution >= 4 is 18.0 Å². The molecule has 6 nitrogen and oxygen atoms in total. The molecule has 0 radical (unpaired) electrons. The average molecular weight is 280 g/mol. The smallest absolute Gasteiger partial charge is 0.338 e. The fourth-order valence-corrected chi connectivity index (χ4v) is 1.31. The first-order chi connectivity index (χ1) is 9.67. The fraction of sp³-hybridized carbons (Fsp3) is 0.286. The van der Waals surface area contributed by atoms with Crippen molar-refractivity contribution in [3.8, 4) is 0 Å². The number of carbonyl (C=O) groups excluding carboxylic acids is 2. The van der Waals surface area contributed by atoms with E-state index in [0.29, 0.717) is 11.1 Å². The zero-order chi connectivity index (χ0) is 14.8. The lowest BCUT2D eigenvalue weighted by Crippen LogP contribution is -2.08. The lowest BCUT2D eigenvalue weighted by molar-refractivity contribution is -0.138. The molecular weight excluding hydrogens is 264 g/mol. The van der Waals surface area contributed by atoms with Gasteiger partial charge in [0.2, 0.25) is 0 Å². The standard InChI is InChI=1S/C14H16O6/c15-7-9-19-13(17)6-3-11-1-4-12(5-2-11)14(18)20-10-8-16/h1-6,15-16H,7-10H2/b6-3+. The largest absolute Gasteiger partial charge is 0.460 e. The zero-order valence-electron chi connectivity index (χ0n) is 10.8. The molecule has 1 aromatic carbocycles. The van der Waals surface area contributed by atoms with Gasteiger partial charge in [0.1, 0.15) is 13.2 Å². The van der Waals surface area contributed by atoms with E-state index in [0.717, 1.165) is 0 Å². The highest BCUT2D eigenvalue weighted by molar-refractivity contribution is 5.90. The third kappa shape index (κ3) is 5.64. The van der Waals surface area contributed by atoms with Gasteiger partial charge in [-0.1, -0.05) is 12.1 Å². The lowest BCUT2D eigenvalue weighted by Gasteiger charge is -2.02.